The summed E-state index contributed by atoms with van der Waals surface area (Å²) in [6.07, 6.45) is 4.45. The molecule has 5 nitrogen and oxygen atoms in total. The Balaban J connectivity index is 2.08. The van der Waals surface area contributed by atoms with E-state index in [1.165, 1.54) is 12.1 Å². The Morgan fingerprint density at radius 2 is 1.76 bits per heavy atom. The fourth-order valence-electron chi connectivity index (χ4n) is 2.58. The standard InChI is InChI=1S/C15H22N2O3S/c1-2-21(19,20)13-8-6-12(7-9-13)17-14(18)15(16)10-4-3-5-11-15/h6-9H,2-5,10-11,16H2,1H3,(H,17,18). The van der Waals surface area contributed by atoms with E-state index in [0.29, 0.717) is 18.5 Å². The Bertz CT molecular complexity index is 602. The van der Waals surface area contributed by atoms with Gasteiger partial charge in [0, 0.05) is 5.69 Å². The highest BCUT2D eigenvalue weighted by Crippen LogP contribution is 2.27. The van der Waals surface area contributed by atoms with Crippen LogP contribution in [0.3, 0.4) is 0 Å². The molecule has 0 radical (unpaired) electrons. The minimum absolute atomic E-state index is 0.0601. The number of carbonyl (C=O) groups excluding carboxylic acids is 1. The fourth-order valence-corrected chi connectivity index (χ4v) is 3.46. The molecule has 1 aromatic rings. The molecular weight excluding hydrogens is 288 g/mol. The predicted octanol–water partition coefficient (Wildman–Crippen LogP) is 2.08. The smallest absolute Gasteiger partial charge is 0.244 e. The minimum atomic E-state index is -3.21. The van der Waals surface area contributed by atoms with E-state index in [2.05, 4.69) is 5.32 Å². The van der Waals surface area contributed by atoms with Crippen molar-refractivity contribution in [1.82, 2.24) is 0 Å². The Kier molecular flexibility index (Phi) is 4.68. The molecule has 1 aliphatic carbocycles. The lowest BCUT2D eigenvalue weighted by Gasteiger charge is -2.31. The molecule has 1 aliphatic rings. The molecule has 6 heteroatoms. The van der Waals surface area contributed by atoms with Crippen molar-refractivity contribution in [2.75, 3.05) is 11.1 Å². The van der Waals surface area contributed by atoms with Crippen molar-refractivity contribution in [3.8, 4) is 0 Å². The number of anilines is 1. The second-order valence-electron chi connectivity index (χ2n) is 5.60. The van der Waals surface area contributed by atoms with E-state index in [4.69, 9.17) is 5.73 Å². The lowest BCUT2D eigenvalue weighted by atomic mass is 9.82. The van der Waals surface area contributed by atoms with Gasteiger partial charge in [0.05, 0.1) is 16.2 Å². The molecule has 0 spiro atoms. The zero-order chi connectivity index (χ0) is 15.5. The summed E-state index contributed by atoms with van der Waals surface area (Å²) in [5, 5.41) is 2.79. The van der Waals surface area contributed by atoms with E-state index in [-0.39, 0.29) is 16.6 Å². The van der Waals surface area contributed by atoms with Crippen LogP contribution in [0.2, 0.25) is 0 Å². The summed E-state index contributed by atoms with van der Waals surface area (Å²) < 4.78 is 23.5. The van der Waals surface area contributed by atoms with E-state index < -0.39 is 15.4 Å². The summed E-state index contributed by atoms with van der Waals surface area (Å²) in [7, 11) is -3.21. The maximum atomic E-state index is 12.3. The Morgan fingerprint density at radius 1 is 1.19 bits per heavy atom. The second kappa shape index (κ2) is 6.15. The first-order valence-corrected chi connectivity index (χ1v) is 8.96. The molecule has 0 atom stereocenters. The van der Waals surface area contributed by atoms with E-state index >= 15 is 0 Å². The van der Waals surface area contributed by atoms with E-state index in [1.54, 1.807) is 19.1 Å². The molecule has 0 unspecified atom stereocenters. The number of hydrogen-bond acceptors (Lipinski definition) is 4. The highest BCUT2D eigenvalue weighted by molar-refractivity contribution is 7.91. The molecule has 0 aliphatic heterocycles. The fraction of sp³-hybridized carbons (Fsp3) is 0.533. The van der Waals surface area contributed by atoms with Crippen LogP contribution >= 0.6 is 0 Å². The summed E-state index contributed by atoms with van der Waals surface area (Å²) in [6, 6.07) is 6.23. The van der Waals surface area contributed by atoms with Gasteiger partial charge < -0.3 is 11.1 Å². The first-order chi connectivity index (χ1) is 9.87. The van der Waals surface area contributed by atoms with Crippen LogP contribution < -0.4 is 11.1 Å². The molecule has 0 heterocycles. The van der Waals surface area contributed by atoms with Crippen molar-refractivity contribution in [2.45, 2.75) is 49.5 Å². The molecule has 21 heavy (non-hydrogen) atoms. The number of nitrogens with two attached hydrogens (primary N) is 1. The van der Waals surface area contributed by atoms with Gasteiger partial charge in [-0.1, -0.05) is 26.2 Å². The van der Waals surface area contributed by atoms with Gasteiger partial charge in [0.2, 0.25) is 5.91 Å². The molecule has 1 amide bonds. The lowest BCUT2D eigenvalue weighted by molar-refractivity contribution is -0.122. The van der Waals surface area contributed by atoms with Gasteiger partial charge in [0.25, 0.3) is 0 Å². The van der Waals surface area contributed by atoms with Crippen molar-refractivity contribution in [3.05, 3.63) is 24.3 Å². The summed E-state index contributed by atoms with van der Waals surface area (Å²) in [5.74, 6) is -0.127. The first kappa shape index (κ1) is 16.0. The molecule has 1 aromatic carbocycles. The highest BCUT2D eigenvalue weighted by Gasteiger charge is 2.35. The Morgan fingerprint density at radius 3 is 2.29 bits per heavy atom. The van der Waals surface area contributed by atoms with Gasteiger partial charge in [0.15, 0.2) is 9.84 Å². The van der Waals surface area contributed by atoms with Crippen LogP contribution in [-0.4, -0.2) is 25.6 Å². The zero-order valence-electron chi connectivity index (χ0n) is 12.3. The highest BCUT2D eigenvalue weighted by atomic mass is 32.2. The van der Waals surface area contributed by atoms with Gasteiger partial charge in [-0.05, 0) is 37.1 Å². The van der Waals surface area contributed by atoms with Crippen LogP contribution in [0.5, 0.6) is 0 Å². The average molecular weight is 310 g/mol. The van der Waals surface area contributed by atoms with Gasteiger partial charge in [-0.3, -0.25) is 4.79 Å². The van der Waals surface area contributed by atoms with E-state index in [0.717, 1.165) is 19.3 Å². The molecule has 3 N–H and O–H groups in total. The molecule has 1 fully saturated rings. The average Bonchev–Trinajstić information content (AvgIpc) is 2.48. The van der Waals surface area contributed by atoms with Crippen molar-refractivity contribution in [3.63, 3.8) is 0 Å². The zero-order valence-corrected chi connectivity index (χ0v) is 13.1. The van der Waals surface area contributed by atoms with Crippen LogP contribution in [0.4, 0.5) is 5.69 Å². The van der Waals surface area contributed by atoms with Crippen molar-refractivity contribution < 1.29 is 13.2 Å². The van der Waals surface area contributed by atoms with Crippen molar-refractivity contribution in [1.29, 1.82) is 0 Å². The minimum Gasteiger partial charge on any atom is -0.324 e. The Hall–Kier alpha value is -1.40. The molecule has 2 rings (SSSR count). The van der Waals surface area contributed by atoms with Crippen LogP contribution in [0, 0.1) is 0 Å². The third-order valence-corrected chi connectivity index (χ3v) is 5.80. The van der Waals surface area contributed by atoms with Crippen LogP contribution in [0.15, 0.2) is 29.2 Å². The quantitative estimate of drug-likeness (QED) is 0.891. The molecule has 116 valence electrons. The topological polar surface area (TPSA) is 89.3 Å². The predicted molar refractivity (Wildman–Crippen MR) is 82.8 cm³/mol. The number of hydrogen-bond donors (Lipinski definition) is 2. The van der Waals surface area contributed by atoms with Gasteiger partial charge >= 0.3 is 0 Å². The third kappa shape index (κ3) is 3.63. The molecular formula is C15H22N2O3S. The number of carbonyl (C=O) groups is 1. The lowest BCUT2D eigenvalue weighted by Crippen LogP contribution is -2.52. The van der Waals surface area contributed by atoms with Crippen LogP contribution in [0.1, 0.15) is 39.0 Å². The van der Waals surface area contributed by atoms with Crippen LogP contribution in [-0.2, 0) is 14.6 Å². The van der Waals surface area contributed by atoms with Gasteiger partial charge in [-0.15, -0.1) is 0 Å². The normalized spacial score (nSPS) is 18.2. The number of sulfone groups is 1. The van der Waals surface area contributed by atoms with Gasteiger partial charge in [-0.25, -0.2) is 8.42 Å². The van der Waals surface area contributed by atoms with E-state index in [1.807, 2.05) is 0 Å². The second-order valence-corrected chi connectivity index (χ2v) is 7.88. The van der Waals surface area contributed by atoms with Crippen molar-refractivity contribution >= 4 is 21.4 Å². The number of amides is 1. The van der Waals surface area contributed by atoms with Gasteiger partial charge in [-0.2, -0.15) is 0 Å². The summed E-state index contributed by atoms with van der Waals surface area (Å²) in [4.78, 5) is 12.5. The maximum absolute atomic E-state index is 12.3. The first-order valence-electron chi connectivity index (χ1n) is 7.30. The number of benzene rings is 1. The van der Waals surface area contributed by atoms with E-state index in [9.17, 15) is 13.2 Å². The molecule has 0 saturated heterocycles. The summed E-state index contributed by atoms with van der Waals surface area (Å²) >= 11 is 0. The Labute approximate surface area is 125 Å². The largest absolute Gasteiger partial charge is 0.324 e. The molecule has 0 aromatic heterocycles. The maximum Gasteiger partial charge on any atom is 0.244 e. The summed E-state index contributed by atoms with van der Waals surface area (Å²) in [6.45, 7) is 1.60. The molecule has 0 bridgehead atoms. The summed E-state index contributed by atoms with van der Waals surface area (Å²) in [5.41, 5.74) is 5.94. The van der Waals surface area contributed by atoms with Crippen molar-refractivity contribution in [2.24, 2.45) is 5.73 Å². The monoisotopic (exact) mass is 310 g/mol. The van der Waals surface area contributed by atoms with Gasteiger partial charge in [0.1, 0.15) is 0 Å². The molecule has 1 saturated carbocycles. The number of nitrogens with one attached hydrogen (secondary N) is 1. The SMILES string of the molecule is CCS(=O)(=O)c1ccc(NC(=O)C2(N)CCCCC2)cc1. The number of rotatable bonds is 4. The van der Waals surface area contributed by atoms with Crippen LogP contribution in [0.25, 0.3) is 0 Å². The third-order valence-electron chi connectivity index (χ3n) is 4.05.